The third-order valence-corrected chi connectivity index (χ3v) is 5.60. The highest BCUT2D eigenvalue weighted by molar-refractivity contribution is 5.71. The maximum Gasteiger partial charge on any atom is 0.148 e. The average Bonchev–Trinajstić information content (AvgIpc) is 3.36. The quantitative estimate of drug-likeness (QED) is 0.456. The lowest BCUT2D eigenvalue weighted by molar-refractivity contribution is 0.122. The van der Waals surface area contributed by atoms with Crippen LogP contribution in [0.2, 0.25) is 0 Å². The van der Waals surface area contributed by atoms with E-state index in [2.05, 4.69) is 60.7 Å². The van der Waals surface area contributed by atoms with Crippen LogP contribution in [0.25, 0.3) is 28.4 Å². The fourth-order valence-electron chi connectivity index (χ4n) is 4.32. The second-order valence-electron chi connectivity index (χ2n) is 8.07. The molecule has 0 N–H and O–H groups in total. The van der Waals surface area contributed by atoms with Gasteiger partial charge in [0.25, 0.3) is 0 Å². The van der Waals surface area contributed by atoms with E-state index in [0.29, 0.717) is 6.73 Å². The van der Waals surface area contributed by atoms with Gasteiger partial charge in [0.1, 0.15) is 29.8 Å². The molecule has 5 nitrogen and oxygen atoms in total. The monoisotopic (exact) mass is 399 g/mol. The van der Waals surface area contributed by atoms with Crippen molar-refractivity contribution in [2.75, 3.05) is 13.8 Å². The molecule has 0 unspecified atom stereocenters. The number of furan rings is 1. The molecule has 2 aromatic heterocycles. The number of para-hydroxylation sites is 1. The molecule has 5 heteroatoms. The first-order chi connectivity index (χ1) is 14.5. The minimum Gasteiger partial charge on any atom is -0.477 e. The number of imidazole rings is 1. The number of rotatable bonds is 3. The Morgan fingerprint density at radius 3 is 2.53 bits per heavy atom. The number of aryl methyl sites for hydroxylation is 3. The zero-order valence-electron chi connectivity index (χ0n) is 17.8. The summed E-state index contributed by atoms with van der Waals surface area (Å²) in [6, 6.07) is 14.7. The van der Waals surface area contributed by atoms with Crippen molar-refractivity contribution >= 4 is 0 Å². The number of fused-ring (bicyclic) bond motifs is 1. The smallest absolute Gasteiger partial charge is 0.148 e. The second-order valence-corrected chi connectivity index (χ2v) is 8.07. The third-order valence-electron chi connectivity index (χ3n) is 5.60. The van der Waals surface area contributed by atoms with Crippen molar-refractivity contribution < 1.29 is 9.15 Å². The van der Waals surface area contributed by atoms with E-state index in [-0.39, 0.29) is 0 Å². The molecule has 3 heterocycles. The van der Waals surface area contributed by atoms with Crippen molar-refractivity contribution in [2.45, 2.75) is 27.3 Å². The SMILES string of the molecule is Cc1ccc(-c2cc(C)c(-n3ccnc3-c3cccc4c3OCN(C)C4)c(C)c2)o1. The third kappa shape index (κ3) is 3.12. The Labute approximate surface area is 176 Å². The number of aromatic nitrogens is 2. The van der Waals surface area contributed by atoms with Gasteiger partial charge in [-0.3, -0.25) is 9.47 Å². The van der Waals surface area contributed by atoms with Crippen LogP contribution in [-0.4, -0.2) is 28.2 Å². The Morgan fingerprint density at radius 2 is 1.80 bits per heavy atom. The number of hydrogen-bond donors (Lipinski definition) is 0. The Balaban J connectivity index is 1.62. The molecule has 0 spiro atoms. The maximum atomic E-state index is 6.08. The first-order valence-electron chi connectivity index (χ1n) is 10.2. The van der Waals surface area contributed by atoms with Crippen molar-refractivity contribution in [1.29, 1.82) is 0 Å². The summed E-state index contributed by atoms with van der Waals surface area (Å²) >= 11 is 0. The Morgan fingerprint density at radius 1 is 1.00 bits per heavy atom. The van der Waals surface area contributed by atoms with Crippen molar-refractivity contribution in [3.8, 4) is 34.1 Å². The number of nitrogens with zero attached hydrogens (tertiary/aromatic N) is 3. The van der Waals surface area contributed by atoms with Gasteiger partial charge in [-0.05, 0) is 69.3 Å². The molecule has 0 amide bonds. The van der Waals surface area contributed by atoms with Gasteiger partial charge in [-0.25, -0.2) is 4.98 Å². The maximum absolute atomic E-state index is 6.08. The number of benzene rings is 2. The molecule has 0 aliphatic carbocycles. The Hall–Kier alpha value is -3.31. The topological polar surface area (TPSA) is 43.4 Å². The molecule has 0 fully saturated rings. The zero-order valence-corrected chi connectivity index (χ0v) is 17.8. The minimum atomic E-state index is 0.583. The molecule has 0 radical (unpaired) electrons. The van der Waals surface area contributed by atoms with E-state index >= 15 is 0 Å². The molecule has 0 bridgehead atoms. The molecule has 30 heavy (non-hydrogen) atoms. The largest absolute Gasteiger partial charge is 0.477 e. The van der Waals surface area contributed by atoms with E-state index in [1.165, 1.54) is 16.7 Å². The summed E-state index contributed by atoms with van der Waals surface area (Å²) in [7, 11) is 2.06. The van der Waals surface area contributed by atoms with Crippen LogP contribution < -0.4 is 4.74 Å². The van der Waals surface area contributed by atoms with Gasteiger partial charge in [0.15, 0.2) is 0 Å². The second kappa shape index (κ2) is 7.18. The van der Waals surface area contributed by atoms with Gasteiger partial charge in [0.05, 0.1) is 11.3 Å². The van der Waals surface area contributed by atoms with Gasteiger partial charge in [-0.2, -0.15) is 0 Å². The fraction of sp³-hybridized carbons (Fsp3) is 0.240. The summed E-state index contributed by atoms with van der Waals surface area (Å²) < 4.78 is 14.1. The lowest BCUT2D eigenvalue weighted by atomic mass is 10.0. The Bertz CT molecular complexity index is 1210. The van der Waals surface area contributed by atoms with Gasteiger partial charge in [0.2, 0.25) is 0 Å². The molecular weight excluding hydrogens is 374 g/mol. The molecule has 5 rings (SSSR count). The van der Waals surface area contributed by atoms with Gasteiger partial charge < -0.3 is 9.15 Å². The molecule has 0 saturated carbocycles. The number of ether oxygens (including phenoxy) is 1. The molecule has 152 valence electrons. The molecule has 1 aliphatic rings. The predicted molar refractivity (Wildman–Crippen MR) is 118 cm³/mol. The molecule has 0 atom stereocenters. The van der Waals surface area contributed by atoms with E-state index in [9.17, 15) is 0 Å². The van der Waals surface area contributed by atoms with Crippen LogP contribution in [0.3, 0.4) is 0 Å². The summed E-state index contributed by atoms with van der Waals surface area (Å²) in [5.74, 6) is 3.64. The van der Waals surface area contributed by atoms with Crippen LogP contribution in [0.15, 0.2) is 59.3 Å². The highest BCUT2D eigenvalue weighted by Gasteiger charge is 2.22. The van der Waals surface area contributed by atoms with E-state index in [4.69, 9.17) is 14.1 Å². The predicted octanol–water partition coefficient (Wildman–Crippen LogP) is 5.51. The Kier molecular flexibility index (Phi) is 4.48. The van der Waals surface area contributed by atoms with E-state index in [1.54, 1.807) is 0 Å². The van der Waals surface area contributed by atoms with Gasteiger partial charge >= 0.3 is 0 Å². The molecule has 2 aromatic carbocycles. The molecule has 0 saturated heterocycles. The van der Waals surface area contributed by atoms with Crippen LogP contribution >= 0.6 is 0 Å². The fourth-order valence-corrected chi connectivity index (χ4v) is 4.32. The summed E-state index contributed by atoms with van der Waals surface area (Å²) in [6.45, 7) is 7.70. The van der Waals surface area contributed by atoms with Gasteiger partial charge in [-0.1, -0.05) is 12.1 Å². The van der Waals surface area contributed by atoms with Crippen molar-refractivity contribution in [1.82, 2.24) is 14.5 Å². The van der Waals surface area contributed by atoms with E-state index in [0.717, 1.165) is 46.5 Å². The average molecular weight is 399 g/mol. The van der Waals surface area contributed by atoms with Crippen molar-refractivity contribution in [3.05, 3.63) is 77.3 Å². The standard InChI is InChI=1S/C25H25N3O2/c1-16-12-20(22-9-8-18(3)30-22)13-17(2)23(16)28-11-10-26-25(28)21-7-5-6-19-14-27(4)15-29-24(19)21/h5-13H,14-15H2,1-4H3. The van der Waals surface area contributed by atoms with E-state index in [1.807, 2.05) is 31.5 Å². The summed E-state index contributed by atoms with van der Waals surface area (Å²) in [5.41, 5.74) is 6.78. The zero-order chi connectivity index (χ0) is 20.8. The van der Waals surface area contributed by atoms with Crippen molar-refractivity contribution in [2.24, 2.45) is 0 Å². The van der Waals surface area contributed by atoms with Crippen LogP contribution in [0.4, 0.5) is 0 Å². The lowest BCUT2D eigenvalue weighted by Gasteiger charge is -2.27. The molecule has 4 aromatic rings. The first-order valence-corrected chi connectivity index (χ1v) is 10.2. The highest BCUT2D eigenvalue weighted by Crippen LogP contribution is 2.37. The van der Waals surface area contributed by atoms with Gasteiger partial charge in [0, 0.05) is 30.1 Å². The summed E-state index contributed by atoms with van der Waals surface area (Å²) in [6.07, 6.45) is 3.88. The summed E-state index contributed by atoms with van der Waals surface area (Å²) in [5, 5.41) is 0. The molecule has 1 aliphatic heterocycles. The number of hydrogen-bond acceptors (Lipinski definition) is 4. The highest BCUT2D eigenvalue weighted by atomic mass is 16.5. The van der Waals surface area contributed by atoms with Crippen LogP contribution in [0, 0.1) is 20.8 Å². The minimum absolute atomic E-state index is 0.583. The van der Waals surface area contributed by atoms with Crippen LogP contribution in [0.5, 0.6) is 5.75 Å². The van der Waals surface area contributed by atoms with Crippen LogP contribution in [0.1, 0.15) is 22.5 Å². The lowest BCUT2D eigenvalue weighted by Crippen LogP contribution is -2.28. The normalized spacial score (nSPS) is 13.9. The van der Waals surface area contributed by atoms with Crippen molar-refractivity contribution in [3.63, 3.8) is 0 Å². The van der Waals surface area contributed by atoms with Crippen LogP contribution in [-0.2, 0) is 6.54 Å². The van der Waals surface area contributed by atoms with E-state index < -0.39 is 0 Å². The first kappa shape index (κ1) is 18.7. The molecular formula is C25H25N3O2. The summed E-state index contributed by atoms with van der Waals surface area (Å²) in [4.78, 5) is 6.86. The van der Waals surface area contributed by atoms with Gasteiger partial charge in [-0.15, -0.1) is 0 Å².